The van der Waals surface area contributed by atoms with E-state index in [4.69, 9.17) is 11.6 Å². The molecule has 2 aromatic carbocycles. The van der Waals surface area contributed by atoms with Crippen LogP contribution in [-0.2, 0) is 0 Å². The summed E-state index contributed by atoms with van der Waals surface area (Å²) in [4.78, 5) is 21.7. The summed E-state index contributed by atoms with van der Waals surface area (Å²) in [5.74, 6) is -1.69. The molecule has 0 fully saturated rings. The van der Waals surface area contributed by atoms with E-state index in [1.54, 1.807) is 12.1 Å². The Bertz CT molecular complexity index is 739. The standard InChI is InChI=1S/C13H7BrClFN2O3/c14-10-4-1-7(5-11(10)15)17-13(19)9-3-2-8(18(20)21)6-12(9)16/h1-6H,(H,17,19). The van der Waals surface area contributed by atoms with Crippen molar-refractivity contribution in [2.24, 2.45) is 0 Å². The van der Waals surface area contributed by atoms with Gasteiger partial charge in [0.05, 0.1) is 21.6 Å². The number of hydrogen-bond donors (Lipinski definition) is 1. The first kappa shape index (κ1) is 15.4. The minimum Gasteiger partial charge on any atom is -0.322 e. The Labute approximate surface area is 132 Å². The minimum atomic E-state index is -0.968. The number of anilines is 1. The van der Waals surface area contributed by atoms with Crippen molar-refractivity contribution in [3.8, 4) is 0 Å². The molecule has 0 atom stereocenters. The zero-order chi connectivity index (χ0) is 15.6. The fraction of sp³-hybridized carbons (Fsp3) is 0. The fourth-order valence-electron chi connectivity index (χ4n) is 1.57. The summed E-state index contributed by atoms with van der Waals surface area (Å²) in [6, 6.07) is 7.52. The fourth-order valence-corrected chi connectivity index (χ4v) is 2.00. The summed E-state index contributed by atoms with van der Waals surface area (Å²) in [7, 11) is 0. The van der Waals surface area contributed by atoms with Crippen molar-refractivity contribution in [1.29, 1.82) is 0 Å². The first-order valence-corrected chi connectivity index (χ1v) is 6.76. The van der Waals surface area contributed by atoms with E-state index in [0.29, 0.717) is 21.2 Å². The number of nitro benzene ring substituents is 1. The Morgan fingerprint density at radius 2 is 2.00 bits per heavy atom. The van der Waals surface area contributed by atoms with E-state index in [2.05, 4.69) is 21.2 Å². The van der Waals surface area contributed by atoms with E-state index < -0.39 is 22.3 Å². The van der Waals surface area contributed by atoms with Gasteiger partial charge in [-0.1, -0.05) is 11.6 Å². The molecule has 108 valence electrons. The Morgan fingerprint density at radius 3 is 2.57 bits per heavy atom. The third-order valence-electron chi connectivity index (χ3n) is 2.59. The molecule has 0 aromatic heterocycles. The molecule has 0 saturated carbocycles. The van der Waals surface area contributed by atoms with Crippen LogP contribution in [0.5, 0.6) is 0 Å². The summed E-state index contributed by atoms with van der Waals surface area (Å²) in [6.07, 6.45) is 0. The van der Waals surface area contributed by atoms with E-state index >= 15 is 0 Å². The second kappa shape index (κ2) is 6.19. The molecule has 0 aliphatic rings. The molecule has 2 aromatic rings. The van der Waals surface area contributed by atoms with E-state index in [-0.39, 0.29) is 5.56 Å². The molecule has 8 heteroatoms. The quantitative estimate of drug-likeness (QED) is 0.640. The lowest BCUT2D eigenvalue weighted by molar-refractivity contribution is -0.385. The van der Waals surface area contributed by atoms with Gasteiger partial charge in [0.2, 0.25) is 0 Å². The number of nitro groups is 1. The summed E-state index contributed by atoms with van der Waals surface area (Å²) in [6.45, 7) is 0. The van der Waals surface area contributed by atoms with Crippen LogP contribution in [0.25, 0.3) is 0 Å². The zero-order valence-electron chi connectivity index (χ0n) is 10.3. The molecule has 0 saturated heterocycles. The molecule has 1 N–H and O–H groups in total. The maximum atomic E-state index is 13.7. The number of hydrogen-bond acceptors (Lipinski definition) is 3. The highest BCUT2D eigenvalue weighted by atomic mass is 79.9. The molecule has 5 nitrogen and oxygen atoms in total. The van der Waals surface area contributed by atoms with E-state index in [1.807, 2.05) is 0 Å². The van der Waals surface area contributed by atoms with Crippen LogP contribution in [0.3, 0.4) is 0 Å². The minimum absolute atomic E-state index is 0.292. The molecule has 0 aliphatic carbocycles. The van der Waals surface area contributed by atoms with Crippen molar-refractivity contribution in [3.63, 3.8) is 0 Å². The first-order chi connectivity index (χ1) is 9.88. The van der Waals surface area contributed by atoms with Gasteiger partial charge in [0, 0.05) is 16.2 Å². The predicted molar refractivity (Wildman–Crippen MR) is 80.2 cm³/mol. The first-order valence-electron chi connectivity index (χ1n) is 5.59. The van der Waals surface area contributed by atoms with Crippen LogP contribution >= 0.6 is 27.5 Å². The summed E-state index contributed by atoms with van der Waals surface area (Å²) < 4.78 is 14.4. The molecular formula is C13H7BrClFN2O3. The lowest BCUT2D eigenvalue weighted by Gasteiger charge is -2.07. The molecule has 0 unspecified atom stereocenters. The highest BCUT2D eigenvalue weighted by molar-refractivity contribution is 9.10. The molecule has 1 amide bonds. The van der Waals surface area contributed by atoms with Crippen LogP contribution in [-0.4, -0.2) is 10.8 Å². The van der Waals surface area contributed by atoms with Gasteiger partial charge in [-0.05, 0) is 40.2 Å². The third kappa shape index (κ3) is 3.56. The third-order valence-corrected chi connectivity index (χ3v) is 3.82. The Hall–Kier alpha value is -1.99. The Kier molecular flexibility index (Phi) is 4.54. The van der Waals surface area contributed by atoms with Crippen molar-refractivity contribution in [1.82, 2.24) is 0 Å². The van der Waals surface area contributed by atoms with Crippen molar-refractivity contribution in [2.45, 2.75) is 0 Å². The highest BCUT2D eigenvalue weighted by Crippen LogP contribution is 2.26. The number of amides is 1. The summed E-state index contributed by atoms with van der Waals surface area (Å²) in [5, 5.41) is 13.4. The molecule has 0 radical (unpaired) electrons. The molecule has 0 spiro atoms. The SMILES string of the molecule is O=C(Nc1ccc(Br)c(Cl)c1)c1ccc([N+](=O)[O-])cc1F. The van der Waals surface area contributed by atoms with Crippen molar-refractivity contribution >= 4 is 44.8 Å². The van der Waals surface area contributed by atoms with Crippen LogP contribution in [0.1, 0.15) is 10.4 Å². The molecule has 0 bridgehead atoms. The number of nitrogens with zero attached hydrogens (tertiary/aromatic N) is 1. The van der Waals surface area contributed by atoms with E-state index in [9.17, 15) is 19.3 Å². The number of carbonyl (C=O) groups excluding carboxylic acids is 1. The summed E-state index contributed by atoms with van der Waals surface area (Å²) in [5.41, 5.74) is -0.332. The number of halogens is 3. The van der Waals surface area contributed by atoms with Crippen LogP contribution in [0.4, 0.5) is 15.8 Å². The normalized spacial score (nSPS) is 10.2. The molecule has 0 aliphatic heterocycles. The highest BCUT2D eigenvalue weighted by Gasteiger charge is 2.16. The van der Waals surface area contributed by atoms with Gasteiger partial charge in [0.25, 0.3) is 11.6 Å². The van der Waals surface area contributed by atoms with Crippen LogP contribution in [0.15, 0.2) is 40.9 Å². The Morgan fingerprint density at radius 1 is 1.29 bits per heavy atom. The summed E-state index contributed by atoms with van der Waals surface area (Å²) >= 11 is 9.09. The predicted octanol–water partition coefficient (Wildman–Crippen LogP) is 4.40. The zero-order valence-corrected chi connectivity index (χ0v) is 12.6. The second-order valence-corrected chi connectivity index (χ2v) is 5.27. The molecule has 2 rings (SSSR count). The van der Waals surface area contributed by atoms with Gasteiger partial charge in [-0.25, -0.2) is 4.39 Å². The van der Waals surface area contributed by atoms with Gasteiger partial charge in [-0.2, -0.15) is 0 Å². The van der Waals surface area contributed by atoms with Gasteiger partial charge in [-0.3, -0.25) is 14.9 Å². The monoisotopic (exact) mass is 372 g/mol. The second-order valence-electron chi connectivity index (χ2n) is 4.00. The number of benzene rings is 2. The van der Waals surface area contributed by atoms with Crippen molar-refractivity contribution in [3.05, 3.63) is 67.4 Å². The van der Waals surface area contributed by atoms with Crippen molar-refractivity contribution < 1.29 is 14.1 Å². The maximum absolute atomic E-state index is 13.7. The molecule has 0 heterocycles. The van der Waals surface area contributed by atoms with Gasteiger partial charge in [-0.15, -0.1) is 0 Å². The Balaban J connectivity index is 2.24. The van der Waals surface area contributed by atoms with Gasteiger partial charge in [0.1, 0.15) is 5.82 Å². The number of carbonyl (C=O) groups is 1. The van der Waals surface area contributed by atoms with Gasteiger partial charge >= 0.3 is 0 Å². The maximum Gasteiger partial charge on any atom is 0.272 e. The number of non-ortho nitro benzene ring substituents is 1. The van der Waals surface area contributed by atoms with E-state index in [1.165, 1.54) is 6.07 Å². The number of rotatable bonds is 3. The molecular weight excluding hydrogens is 367 g/mol. The topological polar surface area (TPSA) is 72.2 Å². The van der Waals surface area contributed by atoms with Gasteiger partial charge < -0.3 is 5.32 Å². The average Bonchev–Trinajstić information content (AvgIpc) is 2.42. The number of nitrogens with one attached hydrogen (secondary N) is 1. The van der Waals surface area contributed by atoms with Crippen LogP contribution in [0, 0.1) is 15.9 Å². The molecule has 21 heavy (non-hydrogen) atoms. The largest absolute Gasteiger partial charge is 0.322 e. The van der Waals surface area contributed by atoms with E-state index in [0.717, 1.165) is 12.1 Å². The van der Waals surface area contributed by atoms with Crippen LogP contribution < -0.4 is 5.32 Å². The lowest BCUT2D eigenvalue weighted by Crippen LogP contribution is -2.13. The average molecular weight is 374 g/mol. The van der Waals surface area contributed by atoms with Crippen molar-refractivity contribution in [2.75, 3.05) is 5.32 Å². The lowest BCUT2D eigenvalue weighted by atomic mass is 10.1. The van der Waals surface area contributed by atoms with Crippen LogP contribution in [0.2, 0.25) is 5.02 Å². The van der Waals surface area contributed by atoms with Gasteiger partial charge in [0.15, 0.2) is 0 Å². The smallest absolute Gasteiger partial charge is 0.272 e.